The van der Waals surface area contributed by atoms with E-state index in [1.54, 1.807) is 27.0 Å². The SMILES string of the molecule is CCn1ncc(C(C)NC(=O)C(C)Cn2nc(C)c([N+](=O)[O-])c2C)c1C. The van der Waals surface area contributed by atoms with Crippen LogP contribution in [0.1, 0.15) is 49.5 Å². The van der Waals surface area contributed by atoms with Crippen LogP contribution in [0, 0.1) is 36.8 Å². The second-order valence-electron chi connectivity index (χ2n) is 6.59. The highest BCUT2D eigenvalue weighted by atomic mass is 16.6. The fourth-order valence-corrected chi connectivity index (χ4v) is 3.11. The fraction of sp³-hybridized carbons (Fsp3) is 0.588. The van der Waals surface area contributed by atoms with Crippen LogP contribution in [0.25, 0.3) is 0 Å². The first-order chi connectivity index (χ1) is 12.2. The van der Waals surface area contributed by atoms with Crippen molar-refractivity contribution in [3.63, 3.8) is 0 Å². The van der Waals surface area contributed by atoms with Crippen molar-refractivity contribution in [3.05, 3.63) is 39.0 Å². The van der Waals surface area contributed by atoms with Crippen molar-refractivity contribution in [2.24, 2.45) is 5.92 Å². The minimum Gasteiger partial charge on any atom is -0.349 e. The largest absolute Gasteiger partial charge is 0.349 e. The molecule has 0 radical (unpaired) electrons. The molecule has 0 aromatic carbocycles. The summed E-state index contributed by atoms with van der Waals surface area (Å²) in [5.74, 6) is -0.507. The summed E-state index contributed by atoms with van der Waals surface area (Å²) in [7, 11) is 0. The number of hydrogen-bond donors (Lipinski definition) is 1. The Morgan fingerprint density at radius 1 is 1.27 bits per heavy atom. The molecule has 0 bridgehead atoms. The zero-order valence-electron chi connectivity index (χ0n) is 16.1. The van der Waals surface area contributed by atoms with E-state index < -0.39 is 4.92 Å². The van der Waals surface area contributed by atoms with Gasteiger partial charge in [-0.2, -0.15) is 10.2 Å². The number of hydrogen-bond acceptors (Lipinski definition) is 5. The zero-order valence-corrected chi connectivity index (χ0v) is 16.1. The molecular formula is C17H26N6O3. The standard InChI is InChI=1S/C17H26N6O3/c1-7-21-13(5)15(8-18-21)11(3)19-17(24)10(2)9-22-14(6)16(23(25)26)12(4)20-22/h8,10-11H,7,9H2,1-6H3,(H,19,24). The Balaban J connectivity index is 2.07. The molecule has 0 aliphatic heterocycles. The number of aryl methyl sites for hydroxylation is 2. The lowest BCUT2D eigenvalue weighted by atomic mass is 10.1. The van der Waals surface area contributed by atoms with Crippen molar-refractivity contribution in [2.45, 2.75) is 60.7 Å². The van der Waals surface area contributed by atoms with Crippen LogP contribution in [0.4, 0.5) is 5.69 Å². The third-order valence-electron chi connectivity index (χ3n) is 4.69. The summed E-state index contributed by atoms with van der Waals surface area (Å²) in [5.41, 5.74) is 2.83. The second-order valence-corrected chi connectivity index (χ2v) is 6.59. The summed E-state index contributed by atoms with van der Waals surface area (Å²) >= 11 is 0. The highest BCUT2D eigenvalue weighted by Crippen LogP contribution is 2.23. The van der Waals surface area contributed by atoms with E-state index in [0.717, 1.165) is 17.8 Å². The molecule has 26 heavy (non-hydrogen) atoms. The van der Waals surface area contributed by atoms with Gasteiger partial charge in [-0.25, -0.2) is 0 Å². The number of carbonyl (C=O) groups is 1. The lowest BCUT2D eigenvalue weighted by molar-refractivity contribution is -0.386. The molecule has 1 amide bonds. The zero-order chi connectivity index (χ0) is 19.6. The Labute approximate surface area is 152 Å². The Kier molecular flexibility index (Phi) is 5.79. The number of carbonyl (C=O) groups excluding carboxylic acids is 1. The van der Waals surface area contributed by atoms with Gasteiger partial charge in [-0.3, -0.25) is 24.3 Å². The Morgan fingerprint density at radius 3 is 2.42 bits per heavy atom. The molecule has 2 aromatic heterocycles. The summed E-state index contributed by atoms with van der Waals surface area (Å²) in [6, 6.07) is -0.167. The molecule has 0 spiro atoms. The second kappa shape index (κ2) is 7.67. The summed E-state index contributed by atoms with van der Waals surface area (Å²) in [6.45, 7) is 12.0. The summed E-state index contributed by atoms with van der Waals surface area (Å²) in [5, 5.41) is 22.6. The van der Waals surface area contributed by atoms with Crippen LogP contribution in [0.5, 0.6) is 0 Å². The van der Waals surface area contributed by atoms with Crippen molar-refractivity contribution in [1.29, 1.82) is 0 Å². The molecule has 1 N–H and O–H groups in total. The van der Waals surface area contributed by atoms with Crippen molar-refractivity contribution in [2.75, 3.05) is 0 Å². The van der Waals surface area contributed by atoms with Gasteiger partial charge in [0.1, 0.15) is 11.4 Å². The third kappa shape index (κ3) is 3.76. The average molecular weight is 362 g/mol. The molecule has 2 aromatic rings. The van der Waals surface area contributed by atoms with E-state index in [4.69, 9.17) is 0 Å². The first-order valence-electron chi connectivity index (χ1n) is 8.68. The molecule has 9 heteroatoms. The van der Waals surface area contributed by atoms with Gasteiger partial charge < -0.3 is 5.32 Å². The van der Waals surface area contributed by atoms with Gasteiger partial charge in [-0.1, -0.05) is 6.92 Å². The Morgan fingerprint density at radius 2 is 1.92 bits per heavy atom. The normalized spacial score (nSPS) is 13.5. The average Bonchev–Trinajstić information content (AvgIpc) is 3.06. The van der Waals surface area contributed by atoms with Crippen molar-refractivity contribution in [1.82, 2.24) is 24.9 Å². The summed E-state index contributed by atoms with van der Waals surface area (Å²) in [6.07, 6.45) is 1.78. The number of aromatic nitrogens is 4. The maximum atomic E-state index is 12.5. The van der Waals surface area contributed by atoms with Crippen LogP contribution in [0.3, 0.4) is 0 Å². The number of rotatable bonds is 7. The predicted octanol–water partition coefficient (Wildman–Crippen LogP) is 2.45. The van der Waals surface area contributed by atoms with E-state index in [1.165, 1.54) is 4.68 Å². The molecule has 0 fully saturated rings. The van der Waals surface area contributed by atoms with E-state index in [9.17, 15) is 14.9 Å². The van der Waals surface area contributed by atoms with Gasteiger partial charge in [0.15, 0.2) is 0 Å². The monoisotopic (exact) mass is 362 g/mol. The molecule has 0 aliphatic rings. The highest BCUT2D eigenvalue weighted by molar-refractivity contribution is 5.78. The molecule has 9 nitrogen and oxygen atoms in total. The first kappa shape index (κ1) is 19.6. The van der Waals surface area contributed by atoms with Gasteiger partial charge in [0.25, 0.3) is 0 Å². The minimum absolute atomic E-state index is 0.00795. The van der Waals surface area contributed by atoms with Gasteiger partial charge >= 0.3 is 5.69 Å². The lowest BCUT2D eigenvalue weighted by Gasteiger charge is -2.18. The summed E-state index contributed by atoms with van der Waals surface area (Å²) < 4.78 is 3.42. The number of amides is 1. The molecule has 2 heterocycles. The number of nitrogens with zero attached hydrogens (tertiary/aromatic N) is 5. The van der Waals surface area contributed by atoms with Crippen LogP contribution < -0.4 is 5.32 Å². The van der Waals surface area contributed by atoms with E-state index in [1.807, 2.05) is 25.5 Å². The quantitative estimate of drug-likeness (QED) is 0.601. The maximum absolute atomic E-state index is 12.5. The van der Waals surface area contributed by atoms with Gasteiger partial charge in [0, 0.05) is 17.8 Å². The van der Waals surface area contributed by atoms with E-state index in [0.29, 0.717) is 11.4 Å². The molecule has 2 atom stereocenters. The Hall–Kier alpha value is -2.71. The van der Waals surface area contributed by atoms with Crippen LogP contribution >= 0.6 is 0 Å². The highest BCUT2D eigenvalue weighted by Gasteiger charge is 2.25. The third-order valence-corrected chi connectivity index (χ3v) is 4.69. The first-order valence-corrected chi connectivity index (χ1v) is 8.68. The predicted molar refractivity (Wildman–Crippen MR) is 96.7 cm³/mol. The molecule has 142 valence electrons. The van der Waals surface area contributed by atoms with Gasteiger partial charge in [-0.05, 0) is 34.6 Å². The Bertz CT molecular complexity index is 823. The molecule has 0 saturated carbocycles. The van der Waals surface area contributed by atoms with Gasteiger partial charge in [-0.15, -0.1) is 0 Å². The molecule has 0 aliphatic carbocycles. The van der Waals surface area contributed by atoms with Crippen molar-refractivity contribution >= 4 is 11.6 Å². The van der Waals surface area contributed by atoms with Crippen molar-refractivity contribution in [3.8, 4) is 0 Å². The van der Waals surface area contributed by atoms with E-state index in [2.05, 4.69) is 15.5 Å². The molecule has 0 saturated heterocycles. The van der Waals surface area contributed by atoms with E-state index in [-0.39, 0.29) is 30.1 Å². The molecule has 2 unspecified atom stereocenters. The van der Waals surface area contributed by atoms with Gasteiger partial charge in [0.2, 0.25) is 5.91 Å². The van der Waals surface area contributed by atoms with Crippen molar-refractivity contribution < 1.29 is 9.72 Å². The molecular weight excluding hydrogens is 336 g/mol. The lowest BCUT2D eigenvalue weighted by Crippen LogP contribution is -2.34. The van der Waals surface area contributed by atoms with Crippen LogP contribution in [0.15, 0.2) is 6.20 Å². The van der Waals surface area contributed by atoms with Crippen LogP contribution in [-0.4, -0.2) is 30.4 Å². The number of nitrogens with one attached hydrogen (secondary N) is 1. The summed E-state index contributed by atoms with van der Waals surface area (Å²) in [4.78, 5) is 23.2. The topological polar surface area (TPSA) is 108 Å². The minimum atomic E-state index is -0.435. The molecule has 2 rings (SSSR count). The number of nitro groups is 1. The maximum Gasteiger partial charge on any atom is 0.312 e. The fourth-order valence-electron chi connectivity index (χ4n) is 3.11. The van der Waals surface area contributed by atoms with Crippen LogP contribution in [0.2, 0.25) is 0 Å². The smallest absolute Gasteiger partial charge is 0.312 e. The van der Waals surface area contributed by atoms with Gasteiger partial charge in [0.05, 0.1) is 29.6 Å². The van der Waals surface area contributed by atoms with E-state index >= 15 is 0 Å². The van der Waals surface area contributed by atoms with Crippen LogP contribution in [-0.2, 0) is 17.9 Å².